The van der Waals surface area contributed by atoms with Gasteiger partial charge in [-0.1, -0.05) is 0 Å². The van der Waals surface area contributed by atoms with E-state index in [1.54, 1.807) is 0 Å². The van der Waals surface area contributed by atoms with Crippen molar-refractivity contribution in [3.05, 3.63) is 18.2 Å². The van der Waals surface area contributed by atoms with Gasteiger partial charge in [-0.3, -0.25) is 4.79 Å². The third-order valence-electron chi connectivity index (χ3n) is 4.95. The van der Waals surface area contributed by atoms with Crippen LogP contribution in [0.5, 0.6) is 11.5 Å². The van der Waals surface area contributed by atoms with Gasteiger partial charge < -0.3 is 19.7 Å². The van der Waals surface area contributed by atoms with Gasteiger partial charge in [0.05, 0.1) is 13.2 Å². The largest absolute Gasteiger partial charge is 0.490 e. The van der Waals surface area contributed by atoms with Gasteiger partial charge in [0.2, 0.25) is 5.91 Å². The summed E-state index contributed by atoms with van der Waals surface area (Å²) in [5, 5.41) is 3.32. The standard InChI is InChI=1S/C19H28N2O3/c1-13-6-4-7-14(2)21(13)19(22)15(3)20-16-8-9-17-18(12-16)24-11-5-10-23-17/h8-9,12-15,20H,4-7,10-11H2,1-3H3/t13-,14-,15-/m0/s1. The van der Waals surface area contributed by atoms with E-state index < -0.39 is 0 Å². The number of amides is 1. The number of anilines is 1. The lowest BCUT2D eigenvalue weighted by atomic mass is 9.96. The fourth-order valence-corrected chi connectivity index (χ4v) is 3.64. The fraction of sp³-hybridized carbons (Fsp3) is 0.632. The molecule has 0 bridgehead atoms. The summed E-state index contributed by atoms with van der Waals surface area (Å²) >= 11 is 0. The number of fused-ring (bicyclic) bond motifs is 1. The van der Waals surface area contributed by atoms with Crippen molar-refractivity contribution in [1.82, 2.24) is 4.90 Å². The molecular weight excluding hydrogens is 304 g/mol. The van der Waals surface area contributed by atoms with Gasteiger partial charge in [0, 0.05) is 30.3 Å². The Morgan fingerprint density at radius 2 is 1.79 bits per heavy atom. The molecule has 2 heterocycles. The van der Waals surface area contributed by atoms with Gasteiger partial charge in [0.25, 0.3) is 0 Å². The van der Waals surface area contributed by atoms with Crippen LogP contribution in [0.1, 0.15) is 46.5 Å². The second kappa shape index (κ2) is 7.32. The number of carbonyl (C=O) groups is 1. The van der Waals surface area contributed by atoms with Crippen molar-refractivity contribution in [2.75, 3.05) is 18.5 Å². The summed E-state index contributed by atoms with van der Waals surface area (Å²) in [5.41, 5.74) is 0.886. The predicted molar refractivity (Wildman–Crippen MR) is 94.8 cm³/mol. The van der Waals surface area contributed by atoms with E-state index in [1.807, 2.05) is 30.0 Å². The zero-order valence-electron chi connectivity index (χ0n) is 14.9. The second-order valence-corrected chi connectivity index (χ2v) is 6.95. The van der Waals surface area contributed by atoms with Crippen LogP contribution in [0.2, 0.25) is 0 Å². The summed E-state index contributed by atoms with van der Waals surface area (Å²) in [5.74, 6) is 1.69. The number of hydrogen-bond acceptors (Lipinski definition) is 4. The van der Waals surface area contributed by atoms with Crippen molar-refractivity contribution >= 4 is 11.6 Å². The van der Waals surface area contributed by atoms with Crippen LogP contribution >= 0.6 is 0 Å². The van der Waals surface area contributed by atoms with Crippen molar-refractivity contribution in [1.29, 1.82) is 0 Å². The molecule has 24 heavy (non-hydrogen) atoms. The van der Waals surface area contributed by atoms with Crippen LogP contribution in [0.15, 0.2) is 18.2 Å². The molecule has 5 nitrogen and oxygen atoms in total. The van der Waals surface area contributed by atoms with Crippen molar-refractivity contribution in [3.63, 3.8) is 0 Å². The first-order chi connectivity index (χ1) is 11.6. The van der Waals surface area contributed by atoms with E-state index in [2.05, 4.69) is 19.2 Å². The maximum Gasteiger partial charge on any atom is 0.245 e. The molecule has 1 aromatic carbocycles. The lowest BCUT2D eigenvalue weighted by Crippen LogP contribution is -2.52. The van der Waals surface area contributed by atoms with Crippen LogP contribution in [0.25, 0.3) is 0 Å². The zero-order chi connectivity index (χ0) is 17.1. The van der Waals surface area contributed by atoms with E-state index in [0.717, 1.165) is 36.4 Å². The van der Waals surface area contributed by atoms with Gasteiger partial charge in [-0.2, -0.15) is 0 Å². The lowest BCUT2D eigenvalue weighted by Gasteiger charge is -2.40. The topological polar surface area (TPSA) is 50.8 Å². The molecule has 0 aliphatic carbocycles. The molecule has 132 valence electrons. The number of ether oxygens (including phenoxy) is 2. The highest BCUT2D eigenvalue weighted by Crippen LogP contribution is 2.32. The summed E-state index contributed by atoms with van der Waals surface area (Å²) < 4.78 is 11.4. The summed E-state index contributed by atoms with van der Waals surface area (Å²) in [6.07, 6.45) is 4.27. The van der Waals surface area contributed by atoms with Gasteiger partial charge in [-0.25, -0.2) is 0 Å². The number of nitrogens with one attached hydrogen (secondary N) is 1. The molecule has 3 rings (SSSR count). The molecule has 2 aliphatic heterocycles. The first-order valence-corrected chi connectivity index (χ1v) is 9.04. The first kappa shape index (κ1) is 16.9. The Hall–Kier alpha value is -1.91. The van der Waals surface area contributed by atoms with Crippen LogP contribution in [-0.2, 0) is 4.79 Å². The van der Waals surface area contributed by atoms with E-state index in [1.165, 1.54) is 6.42 Å². The van der Waals surface area contributed by atoms with Crippen molar-refractivity contribution in [2.45, 2.75) is 64.6 Å². The highest BCUT2D eigenvalue weighted by atomic mass is 16.5. The number of rotatable bonds is 3. The minimum absolute atomic E-state index is 0.168. The maximum atomic E-state index is 12.9. The number of piperidine rings is 1. The number of carbonyl (C=O) groups excluding carboxylic acids is 1. The third-order valence-corrected chi connectivity index (χ3v) is 4.95. The van der Waals surface area contributed by atoms with Crippen LogP contribution in [-0.4, -0.2) is 42.1 Å². The first-order valence-electron chi connectivity index (χ1n) is 9.04. The molecule has 0 radical (unpaired) electrons. The smallest absolute Gasteiger partial charge is 0.245 e. The Balaban J connectivity index is 1.69. The molecule has 1 fully saturated rings. The van der Waals surface area contributed by atoms with Crippen LogP contribution < -0.4 is 14.8 Å². The highest BCUT2D eigenvalue weighted by molar-refractivity contribution is 5.85. The van der Waals surface area contributed by atoms with Crippen LogP contribution in [0.3, 0.4) is 0 Å². The average molecular weight is 332 g/mol. The SMILES string of the molecule is C[C@H](Nc1ccc2c(c1)OCCCO2)C(=O)N1[C@@H](C)CCC[C@@H]1C. The minimum Gasteiger partial charge on any atom is -0.490 e. The molecule has 1 saturated heterocycles. The van der Waals surface area contributed by atoms with Crippen molar-refractivity contribution in [2.24, 2.45) is 0 Å². The van der Waals surface area contributed by atoms with Crippen molar-refractivity contribution in [3.8, 4) is 11.5 Å². The van der Waals surface area contributed by atoms with Gasteiger partial charge in [-0.05, 0) is 52.2 Å². The molecule has 1 N–H and O–H groups in total. The highest BCUT2D eigenvalue weighted by Gasteiger charge is 2.31. The quantitative estimate of drug-likeness (QED) is 0.921. The van der Waals surface area contributed by atoms with Crippen LogP contribution in [0.4, 0.5) is 5.69 Å². The number of benzene rings is 1. The summed E-state index contributed by atoms with van der Waals surface area (Å²) in [6, 6.07) is 6.14. The summed E-state index contributed by atoms with van der Waals surface area (Å²) in [6.45, 7) is 7.56. The molecule has 0 unspecified atom stereocenters. The second-order valence-electron chi connectivity index (χ2n) is 6.95. The average Bonchev–Trinajstić information content (AvgIpc) is 2.79. The predicted octanol–water partition coefficient (Wildman–Crippen LogP) is 3.44. The third kappa shape index (κ3) is 3.60. The molecule has 5 heteroatoms. The van der Waals surface area contributed by atoms with Crippen molar-refractivity contribution < 1.29 is 14.3 Å². The normalized spacial score (nSPS) is 24.9. The van der Waals surface area contributed by atoms with Crippen LogP contribution in [0, 0.1) is 0 Å². The minimum atomic E-state index is -0.266. The fourth-order valence-electron chi connectivity index (χ4n) is 3.64. The molecule has 0 spiro atoms. The lowest BCUT2D eigenvalue weighted by molar-refractivity contribution is -0.137. The zero-order valence-corrected chi connectivity index (χ0v) is 14.9. The monoisotopic (exact) mass is 332 g/mol. The van der Waals surface area contributed by atoms with E-state index in [-0.39, 0.29) is 11.9 Å². The van der Waals surface area contributed by atoms with E-state index >= 15 is 0 Å². The van der Waals surface area contributed by atoms with Gasteiger partial charge in [0.15, 0.2) is 11.5 Å². The Kier molecular flexibility index (Phi) is 5.17. The molecule has 3 atom stereocenters. The number of hydrogen-bond donors (Lipinski definition) is 1. The maximum absolute atomic E-state index is 12.9. The van der Waals surface area contributed by atoms with Gasteiger partial charge >= 0.3 is 0 Å². The van der Waals surface area contributed by atoms with Gasteiger partial charge in [-0.15, -0.1) is 0 Å². The molecule has 0 saturated carbocycles. The Bertz CT molecular complexity index is 580. The van der Waals surface area contributed by atoms with E-state index in [9.17, 15) is 4.79 Å². The molecule has 0 aromatic heterocycles. The number of likely N-dealkylation sites (tertiary alicyclic amines) is 1. The van der Waals surface area contributed by atoms with E-state index in [4.69, 9.17) is 9.47 Å². The van der Waals surface area contributed by atoms with E-state index in [0.29, 0.717) is 25.3 Å². The molecule has 2 aliphatic rings. The molecular formula is C19H28N2O3. The molecule has 1 aromatic rings. The number of nitrogens with zero attached hydrogens (tertiary/aromatic N) is 1. The Morgan fingerprint density at radius 1 is 1.12 bits per heavy atom. The summed E-state index contributed by atoms with van der Waals surface area (Å²) in [7, 11) is 0. The van der Waals surface area contributed by atoms with Gasteiger partial charge in [0.1, 0.15) is 6.04 Å². The Morgan fingerprint density at radius 3 is 2.50 bits per heavy atom. The molecule has 1 amide bonds. The summed E-state index contributed by atoms with van der Waals surface area (Å²) in [4.78, 5) is 14.9. The Labute approximate surface area is 144 Å².